The lowest BCUT2D eigenvalue weighted by Gasteiger charge is -2.24. The van der Waals surface area contributed by atoms with Crippen LogP contribution in [0, 0.1) is 5.92 Å². The molecular formula is C19H27NO5. The number of ether oxygens (including phenoxy) is 2. The summed E-state index contributed by atoms with van der Waals surface area (Å²) in [4.78, 5) is 25.5. The zero-order valence-corrected chi connectivity index (χ0v) is 15.5. The van der Waals surface area contributed by atoms with Gasteiger partial charge in [0.25, 0.3) is 0 Å². The average molecular weight is 349 g/mol. The number of nitrogens with zero attached hydrogens (tertiary/aromatic N) is 1. The predicted octanol–water partition coefficient (Wildman–Crippen LogP) is 2.82. The molecule has 1 N–H and O–H groups in total. The zero-order chi connectivity index (χ0) is 18.8. The molecule has 0 radical (unpaired) electrons. The number of aliphatic hydroxyl groups is 1. The van der Waals surface area contributed by atoms with Crippen molar-refractivity contribution in [1.29, 1.82) is 0 Å². The molecule has 0 saturated carbocycles. The Morgan fingerprint density at radius 2 is 2.00 bits per heavy atom. The fourth-order valence-corrected chi connectivity index (χ4v) is 2.91. The largest absolute Gasteiger partial charge is 0.466 e. The summed E-state index contributed by atoms with van der Waals surface area (Å²) >= 11 is 0. The molecule has 6 nitrogen and oxygen atoms in total. The van der Waals surface area contributed by atoms with E-state index in [2.05, 4.69) is 0 Å². The summed E-state index contributed by atoms with van der Waals surface area (Å²) in [5, 5.41) is 10.5. The molecule has 6 heteroatoms. The molecule has 2 unspecified atom stereocenters. The van der Waals surface area contributed by atoms with Gasteiger partial charge in [0.05, 0.1) is 18.6 Å². The fourth-order valence-electron chi connectivity index (χ4n) is 2.91. The third-order valence-electron chi connectivity index (χ3n) is 4.06. The van der Waals surface area contributed by atoms with Gasteiger partial charge in [-0.25, -0.2) is 4.79 Å². The first-order chi connectivity index (χ1) is 11.6. The van der Waals surface area contributed by atoms with Crippen LogP contribution in [0.5, 0.6) is 0 Å². The van der Waals surface area contributed by atoms with Crippen LogP contribution in [0.1, 0.15) is 50.5 Å². The van der Waals surface area contributed by atoms with Crippen LogP contribution in [0.2, 0.25) is 0 Å². The number of hydrogen-bond acceptors (Lipinski definition) is 5. The number of rotatable bonds is 4. The van der Waals surface area contributed by atoms with Crippen LogP contribution in [-0.2, 0) is 27.2 Å². The second kappa shape index (κ2) is 7.44. The van der Waals surface area contributed by atoms with Crippen LogP contribution in [0.4, 0.5) is 4.79 Å². The van der Waals surface area contributed by atoms with Crippen LogP contribution < -0.4 is 0 Å². The molecule has 0 fully saturated rings. The molecule has 1 amide bonds. The van der Waals surface area contributed by atoms with Crippen LogP contribution in [0.3, 0.4) is 0 Å². The standard InChI is InChI=1S/C19H27NO5/c1-6-24-17(22)15-10-13-8-7-12(9-14(13)16(15)21)11-20(5)18(23)25-19(2,3)4/h7-9,15-16,21H,6,10-11H2,1-5H3. The van der Waals surface area contributed by atoms with Crippen molar-refractivity contribution in [3.63, 3.8) is 0 Å². The lowest BCUT2D eigenvalue weighted by atomic mass is 10.0. The van der Waals surface area contributed by atoms with Crippen molar-refractivity contribution < 1.29 is 24.2 Å². The minimum absolute atomic E-state index is 0.296. The molecule has 2 rings (SSSR count). The Morgan fingerprint density at radius 1 is 1.32 bits per heavy atom. The molecule has 1 aliphatic rings. The van der Waals surface area contributed by atoms with Gasteiger partial charge in [0, 0.05) is 13.6 Å². The number of benzene rings is 1. The number of esters is 1. The number of fused-ring (bicyclic) bond motifs is 1. The highest BCUT2D eigenvalue weighted by molar-refractivity contribution is 5.75. The van der Waals surface area contributed by atoms with Crippen molar-refractivity contribution in [2.75, 3.05) is 13.7 Å². The Kier molecular flexibility index (Phi) is 5.72. The molecule has 25 heavy (non-hydrogen) atoms. The summed E-state index contributed by atoms with van der Waals surface area (Å²) in [7, 11) is 1.67. The predicted molar refractivity (Wildman–Crippen MR) is 92.9 cm³/mol. The molecule has 0 heterocycles. The normalized spacial score (nSPS) is 19.3. The molecule has 1 aliphatic carbocycles. The number of hydrogen-bond donors (Lipinski definition) is 1. The maximum Gasteiger partial charge on any atom is 0.410 e. The van der Waals surface area contributed by atoms with Gasteiger partial charge in [0.2, 0.25) is 0 Å². The minimum Gasteiger partial charge on any atom is -0.466 e. The quantitative estimate of drug-likeness (QED) is 0.846. The van der Waals surface area contributed by atoms with E-state index in [0.29, 0.717) is 19.6 Å². The van der Waals surface area contributed by atoms with Gasteiger partial charge in [0.15, 0.2) is 0 Å². The van der Waals surface area contributed by atoms with Crippen molar-refractivity contribution in [2.24, 2.45) is 5.92 Å². The highest BCUT2D eigenvalue weighted by Gasteiger charge is 2.37. The molecule has 0 spiro atoms. The van der Waals surface area contributed by atoms with Gasteiger partial charge in [-0.05, 0) is 50.8 Å². The molecule has 2 atom stereocenters. The first-order valence-electron chi connectivity index (χ1n) is 8.53. The number of carbonyl (C=O) groups excluding carboxylic acids is 2. The van der Waals surface area contributed by atoms with Crippen molar-refractivity contribution in [3.8, 4) is 0 Å². The van der Waals surface area contributed by atoms with Crippen molar-refractivity contribution in [3.05, 3.63) is 34.9 Å². The van der Waals surface area contributed by atoms with Crippen molar-refractivity contribution in [1.82, 2.24) is 4.90 Å². The second-order valence-electron chi connectivity index (χ2n) is 7.38. The molecule has 1 aromatic carbocycles. The van der Waals surface area contributed by atoms with E-state index >= 15 is 0 Å². The van der Waals surface area contributed by atoms with Gasteiger partial charge >= 0.3 is 12.1 Å². The summed E-state index contributed by atoms with van der Waals surface area (Å²) in [5.74, 6) is -0.938. The van der Waals surface area contributed by atoms with Crippen molar-refractivity contribution in [2.45, 2.75) is 52.4 Å². The second-order valence-corrected chi connectivity index (χ2v) is 7.38. The first-order valence-corrected chi connectivity index (χ1v) is 8.53. The van der Waals surface area contributed by atoms with Crippen LogP contribution >= 0.6 is 0 Å². The summed E-state index contributed by atoms with van der Waals surface area (Å²) in [6.45, 7) is 7.86. The molecule has 0 aliphatic heterocycles. The lowest BCUT2D eigenvalue weighted by Crippen LogP contribution is -2.33. The maximum atomic E-state index is 12.1. The van der Waals surface area contributed by atoms with Gasteiger partial charge in [-0.1, -0.05) is 18.2 Å². The van der Waals surface area contributed by atoms with E-state index in [9.17, 15) is 14.7 Å². The maximum absolute atomic E-state index is 12.1. The van der Waals surface area contributed by atoms with Gasteiger partial charge < -0.3 is 19.5 Å². The van der Waals surface area contributed by atoms with E-state index in [1.807, 2.05) is 39.0 Å². The van der Waals surface area contributed by atoms with E-state index in [1.54, 1.807) is 14.0 Å². The molecule has 0 bridgehead atoms. The monoisotopic (exact) mass is 349 g/mol. The van der Waals surface area contributed by atoms with E-state index < -0.39 is 23.7 Å². The van der Waals surface area contributed by atoms with Gasteiger partial charge in [-0.2, -0.15) is 0 Å². The first kappa shape index (κ1) is 19.2. The minimum atomic E-state index is -0.874. The Balaban J connectivity index is 2.08. The lowest BCUT2D eigenvalue weighted by molar-refractivity contribution is -0.151. The third-order valence-corrected chi connectivity index (χ3v) is 4.06. The van der Waals surface area contributed by atoms with Crippen molar-refractivity contribution >= 4 is 12.1 Å². The van der Waals surface area contributed by atoms with E-state index in [0.717, 1.165) is 16.7 Å². The van der Waals surface area contributed by atoms with Crippen LogP contribution in [-0.4, -0.2) is 41.3 Å². The topological polar surface area (TPSA) is 76.1 Å². The van der Waals surface area contributed by atoms with E-state index in [4.69, 9.17) is 9.47 Å². The molecule has 1 aromatic rings. The highest BCUT2D eigenvalue weighted by atomic mass is 16.6. The number of amides is 1. The van der Waals surface area contributed by atoms with Gasteiger partial charge in [0.1, 0.15) is 5.60 Å². The Morgan fingerprint density at radius 3 is 2.60 bits per heavy atom. The Hall–Kier alpha value is -2.08. The number of carbonyl (C=O) groups is 2. The van der Waals surface area contributed by atoms with Gasteiger partial charge in [-0.3, -0.25) is 4.79 Å². The molecule has 0 aromatic heterocycles. The van der Waals surface area contributed by atoms with E-state index in [-0.39, 0.29) is 5.97 Å². The van der Waals surface area contributed by atoms with Gasteiger partial charge in [-0.15, -0.1) is 0 Å². The summed E-state index contributed by atoms with van der Waals surface area (Å²) in [5.41, 5.74) is 1.99. The SMILES string of the molecule is CCOC(=O)C1Cc2ccc(CN(C)C(=O)OC(C)(C)C)cc2C1O. The third kappa shape index (κ3) is 4.72. The highest BCUT2D eigenvalue weighted by Crippen LogP contribution is 2.37. The molecule has 138 valence electrons. The van der Waals surface area contributed by atoms with Crippen LogP contribution in [0.25, 0.3) is 0 Å². The van der Waals surface area contributed by atoms with Crippen LogP contribution in [0.15, 0.2) is 18.2 Å². The molecular weight excluding hydrogens is 322 g/mol. The number of aliphatic hydroxyl groups excluding tert-OH is 1. The van der Waals surface area contributed by atoms with E-state index in [1.165, 1.54) is 4.90 Å². The Labute approximate surface area is 148 Å². The molecule has 0 saturated heterocycles. The zero-order valence-electron chi connectivity index (χ0n) is 15.5. The fraction of sp³-hybridized carbons (Fsp3) is 0.579. The summed E-state index contributed by atoms with van der Waals surface area (Å²) in [6, 6.07) is 5.65. The summed E-state index contributed by atoms with van der Waals surface area (Å²) < 4.78 is 10.4. The Bertz CT molecular complexity index is 650. The average Bonchev–Trinajstić information content (AvgIpc) is 2.83. The summed E-state index contributed by atoms with van der Waals surface area (Å²) in [6.07, 6.45) is -0.809. The smallest absolute Gasteiger partial charge is 0.410 e.